The molecule has 164 valence electrons. The van der Waals surface area contributed by atoms with Crippen LogP contribution in [0.15, 0.2) is 60.3 Å². The summed E-state index contributed by atoms with van der Waals surface area (Å²) in [5.41, 5.74) is 7.71. The van der Waals surface area contributed by atoms with Crippen molar-refractivity contribution < 1.29 is 9.59 Å². The van der Waals surface area contributed by atoms with Crippen molar-refractivity contribution in [3.63, 3.8) is 0 Å². The van der Waals surface area contributed by atoms with Crippen LogP contribution < -0.4 is 5.32 Å². The van der Waals surface area contributed by atoms with Gasteiger partial charge in [0.2, 0.25) is 0 Å². The van der Waals surface area contributed by atoms with E-state index in [9.17, 15) is 9.59 Å². The van der Waals surface area contributed by atoms with Gasteiger partial charge in [0.15, 0.2) is 0 Å². The molecule has 0 bridgehead atoms. The Labute approximate surface area is 189 Å². The van der Waals surface area contributed by atoms with E-state index in [1.54, 1.807) is 6.08 Å². The lowest BCUT2D eigenvalue weighted by Crippen LogP contribution is -2.30. The number of imide groups is 1. The Kier molecular flexibility index (Phi) is 5.74. The molecule has 3 amide bonds. The largest absolute Gasteiger partial charge is 0.329 e. The molecular formula is C27H29N3O2. The van der Waals surface area contributed by atoms with Crippen LogP contribution in [0.5, 0.6) is 0 Å². The molecule has 1 aliphatic rings. The molecule has 1 saturated heterocycles. The summed E-state index contributed by atoms with van der Waals surface area (Å²) in [6.07, 6.45) is 1.78. The fraction of sp³-hybridized carbons (Fsp3) is 0.259. The Hall–Kier alpha value is -3.60. The van der Waals surface area contributed by atoms with E-state index in [0.717, 1.165) is 33.8 Å². The molecule has 0 unspecified atom stereocenters. The summed E-state index contributed by atoms with van der Waals surface area (Å²) in [5.74, 6) is 0.179. The maximum atomic E-state index is 13.0. The first-order valence-corrected chi connectivity index (χ1v) is 10.9. The van der Waals surface area contributed by atoms with E-state index in [4.69, 9.17) is 0 Å². The summed E-state index contributed by atoms with van der Waals surface area (Å²) in [4.78, 5) is 26.7. The summed E-state index contributed by atoms with van der Waals surface area (Å²) in [5, 5.41) is 2.74. The van der Waals surface area contributed by atoms with Crippen molar-refractivity contribution >= 4 is 18.0 Å². The van der Waals surface area contributed by atoms with Crippen molar-refractivity contribution in [2.45, 2.75) is 47.1 Å². The molecule has 1 aromatic heterocycles. The topological polar surface area (TPSA) is 54.3 Å². The average molecular weight is 428 g/mol. The Morgan fingerprint density at radius 1 is 0.969 bits per heavy atom. The second kappa shape index (κ2) is 8.50. The maximum absolute atomic E-state index is 13.0. The number of nitrogens with one attached hydrogen (secondary N) is 1. The van der Waals surface area contributed by atoms with Crippen LogP contribution in [0.1, 0.15) is 53.4 Å². The lowest BCUT2D eigenvalue weighted by molar-refractivity contribution is -0.123. The Balaban J connectivity index is 1.61. The van der Waals surface area contributed by atoms with Crippen LogP contribution in [0.2, 0.25) is 0 Å². The van der Waals surface area contributed by atoms with Gasteiger partial charge in [-0.2, -0.15) is 0 Å². The average Bonchev–Trinajstić information content (AvgIpc) is 3.17. The van der Waals surface area contributed by atoms with Crippen molar-refractivity contribution in [2.75, 3.05) is 0 Å². The number of benzene rings is 2. The lowest BCUT2D eigenvalue weighted by atomic mass is 10.0. The van der Waals surface area contributed by atoms with E-state index in [0.29, 0.717) is 11.6 Å². The Morgan fingerprint density at radius 2 is 1.69 bits per heavy atom. The van der Waals surface area contributed by atoms with Crippen molar-refractivity contribution in [3.05, 3.63) is 93.9 Å². The quantitative estimate of drug-likeness (QED) is 0.424. The summed E-state index contributed by atoms with van der Waals surface area (Å²) >= 11 is 0. The molecule has 1 N–H and O–H groups in total. The number of aromatic nitrogens is 1. The number of carbonyl (C=O) groups excluding carboxylic acids is 2. The number of rotatable bonds is 5. The van der Waals surface area contributed by atoms with Crippen molar-refractivity contribution in [2.24, 2.45) is 0 Å². The predicted molar refractivity (Wildman–Crippen MR) is 128 cm³/mol. The highest BCUT2D eigenvalue weighted by atomic mass is 16.2. The van der Waals surface area contributed by atoms with Gasteiger partial charge in [0.1, 0.15) is 5.70 Å². The molecule has 5 nitrogen and oxygen atoms in total. The smallest absolute Gasteiger partial charge is 0.318 e. The zero-order valence-corrected chi connectivity index (χ0v) is 19.3. The number of carbonyl (C=O) groups is 2. The third kappa shape index (κ3) is 4.11. The third-order valence-electron chi connectivity index (χ3n) is 5.97. The Morgan fingerprint density at radius 3 is 2.34 bits per heavy atom. The zero-order chi connectivity index (χ0) is 23.0. The van der Waals surface area contributed by atoms with Crippen LogP contribution in [-0.4, -0.2) is 21.4 Å². The van der Waals surface area contributed by atoms with Gasteiger partial charge in [0.25, 0.3) is 5.91 Å². The molecule has 0 atom stereocenters. The summed E-state index contributed by atoms with van der Waals surface area (Å²) in [6, 6.07) is 18.0. The minimum atomic E-state index is -0.388. The number of aryl methyl sites for hydroxylation is 2. The minimum Gasteiger partial charge on any atom is -0.318 e. The molecule has 0 radical (unpaired) electrons. The second-order valence-electron chi connectivity index (χ2n) is 8.78. The summed E-state index contributed by atoms with van der Waals surface area (Å²) < 4.78 is 2.17. The van der Waals surface area contributed by atoms with Crippen LogP contribution in [0, 0.1) is 20.8 Å². The molecule has 4 rings (SSSR count). The number of urea groups is 1. The van der Waals surface area contributed by atoms with Crippen LogP contribution in [-0.2, 0) is 11.3 Å². The molecule has 1 aliphatic heterocycles. The molecule has 0 aliphatic carbocycles. The monoisotopic (exact) mass is 427 g/mol. The maximum Gasteiger partial charge on any atom is 0.329 e. The number of nitrogens with zero attached hydrogens (tertiary/aromatic N) is 2. The van der Waals surface area contributed by atoms with E-state index in [-0.39, 0.29) is 18.5 Å². The summed E-state index contributed by atoms with van der Waals surface area (Å²) in [6.45, 7) is 10.7. The molecule has 0 saturated carbocycles. The molecular weight excluding hydrogens is 398 g/mol. The van der Waals surface area contributed by atoms with Gasteiger partial charge in [-0.1, -0.05) is 55.8 Å². The molecule has 1 fully saturated rings. The first kappa shape index (κ1) is 21.6. The fourth-order valence-corrected chi connectivity index (χ4v) is 4.20. The van der Waals surface area contributed by atoms with Gasteiger partial charge in [0, 0.05) is 17.1 Å². The molecule has 3 aromatic rings. The Bertz CT molecular complexity index is 1220. The molecule has 5 heteroatoms. The van der Waals surface area contributed by atoms with Gasteiger partial charge in [-0.3, -0.25) is 9.69 Å². The van der Waals surface area contributed by atoms with E-state index in [1.165, 1.54) is 10.5 Å². The molecule has 2 aromatic carbocycles. The summed E-state index contributed by atoms with van der Waals surface area (Å²) in [7, 11) is 0. The highest BCUT2D eigenvalue weighted by Crippen LogP contribution is 2.25. The standard InChI is InChI=1S/C27H29N3O2/c1-17(2)22-9-11-24(12-10-22)30-19(4)14-23(20(30)5)15-25-26(31)29(27(32)28-25)16-21-8-6-7-18(3)13-21/h6-15,17H,16H2,1-5H3,(H,28,32)/b25-15+. The number of amides is 3. The SMILES string of the molecule is Cc1cccc(CN2C(=O)N/C(=C/c3cc(C)n(-c4ccc(C(C)C)cc4)c3C)C2=O)c1. The van der Waals surface area contributed by atoms with Crippen LogP contribution in [0.3, 0.4) is 0 Å². The van der Waals surface area contributed by atoms with Crippen LogP contribution >= 0.6 is 0 Å². The predicted octanol–water partition coefficient (Wildman–Crippen LogP) is 5.62. The van der Waals surface area contributed by atoms with Crippen molar-refractivity contribution in [1.29, 1.82) is 0 Å². The third-order valence-corrected chi connectivity index (χ3v) is 5.97. The van der Waals surface area contributed by atoms with Gasteiger partial charge >= 0.3 is 6.03 Å². The van der Waals surface area contributed by atoms with Crippen LogP contribution in [0.25, 0.3) is 11.8 Å². The molecule has 2 heterocycles. The van der Waals surface area contributed by atoms with Gasteiger partial charge in [0.05, 0.1) is 6.54 Å². The number of hydrogen-bond acceptors (Lipinski definition) is 2. The van der Waals surface area contributed by atoms with Crippen LogP contribution in [0.4, 0.5) is 4.79 Å². The minimum absolute atomic E-state index is 0.255. The van der Waals surface area contributed by atoms with Gasteiger partial charge in [-0.05, 0) is 67.7 Å². The highest BCUT2D eigenvalue weighted by Gasteiger charge is 2.33. The lowest BCUT2D eigenvalue weighted by Gasteiger charge is -2.12. The van der Waals surface area contributed by atoms with E-state index >= 15 is 0 Å². The van der Waals surface area contributed by atoms with Gasteiger partial charge < -0.3 is 9.88 Å². The van der Waals surface area contributed by atoms with Crippen molar-refractivity contribution in [1.82, 2.24) is 14.8 Å². The highest BCUT2D eigenvalue weighted by molar-refractivity contribution is 6.14. The first-order chi connectivity index (χ1) is 15.2. The van der Waals surface area contributed by atoms with Crippen molar-refractivity contribution in [3.8, 4) is 5.69 Å². The second-order valence-corrected chi connectivity index (χ2v) is 8.78. The van der Waals surface area contributed by atoms with Gasteiger partial charge in [-0.15, -0.1) is 0 Å². The zero-order valence-electron chi connectivity index (χ0n) is 19.3. The molecule has 32 heavy (non-hydrogen) atoms. The van der Waals surface area contributed by atoms with E-state index in [2.05, 4.69) is 48.0 Å². The van der Waals surface area contributed by atoms with E-state index in [1.807, 2.05) is 51.1 Å². The number of hydrogen-bond donors (Lipinski definition) is 1. The van der Waals surface area contributed by atoms with Gasteiger partial charge in [-0.25, -0.2) is 4.79 Å². The first-order valence-electron chi connectivity index (χ1n) is 10.9. The fourth-order valence-electron chi connectivity index (χ4n) is 4.20. The normalized spacial score (nSPS) is 15.2. The van der Waals surface area contributed by atoms with E-state index < -0.39 is 0 Å². The molecule has 0 spiro atoms.